The first-order chi connectivity index (χ1) is 9.32. The van der Waals surface area contributed by atoms with E-state index in [2.05, 4.69) is 36.8 Å². The van der Waals surface area contributed by atoms with Crippen molar-refractivity contribution in [2.45, 2.75) is 11.3 Å². The Balaban J connectivity index is 2.40. The zero-order chi connectivity index (χ0) is 14.9. The molecule has 1 heterocycles. The zero-order valence-corrected chi connectivity index (χ0v) is 15.1. The van der Waals surface area contributed by atoms with E-state index in [0.717, 1.165) is 19.5 Å². The van der Waals surface area contributed by atoms with Crippen LogP contribution < -0.4 is 5.73 Å². The summed E-state index contributed by atoms with van der Waals surface area (Å²) >= 11 is 6.61. The first-order valence-corrected chi connectivity index (χ1v) is 9.28. The molecular weight excluding hydrogens is 410 g/mol. The van der Waals surface area contributed by atoms with E-state index in [-0.39, 0.29) is 4.90 Å². The molecule has 1 fully saturated rings. The normalized spacial score (nSPS) is 18.9. The average Bonchev–Trinajstić information content (AvgIpc) is 2.52. The number of nitrogens with zero attached hydrogens (tertiary/aromatic N) is 2. The molecule has 2 rings (SSSR count). The first-order valence-electron chi connectivity index (χ1n) is 6.25. The number of rotatable bonds is 2. The lowest BCUT2D eigenvalue weighted by Gasteiger charge is -2.22. The maximum atomic E-state index is 12.8. The summed E-state index contributed by atoms with van der Waals surface area (Å²) in [4.78, 5) is 2.39. The number of likely N-dealkylation sites (N-methyl/N-ethyl adjacent to an activating group) is 1. The minimum Gasteiger partial charge on any atom is -0.399 e. The Kier molecular flexibility index (Phi) is 5.12. The van der Waals surface area contributed by atoms with Crippen LogP contribution in [0.1, 0.15) is 6.42 Å². The number of nitrogen functional groups attached to an aromatic ring is 1. The Hall–Kier alpha value is -0.150. The van der Waals surface area contributed by atoms with Gasteiger partial charge in [0.1, 0.15) is 4.90 Å². The molecule has 5 nitrogen and oxygen atoms in total. The molecule has 0 amide bonds. The number of hydrogen-bond donors (Lipinski definition) is 1. The highest BCUT2D eigenvalue weighted by Crippen LogP contribution is 2.34. The van der Waals surface area contributed by atoms with Gasteiger partial charge in [0, 0.05) is 34.3 Å². The Morgan fingerprint density at radius 3 is 2.30 bits per heavy atom. The molecule has 112 valence electrons. The van der Waals surface area contributed by atoms with Crippen LogP contribution in [0.25, 0.3) is 0 Å². The number of halogens is 2. The Morgan fingerprint density at radius 1 is 1.10 bits per heavy atom. The molecule has 8 heteroatoms. The maximum Gasteiger partial charge on any atom is 0.245 e. The van der Waals surface area contributed by atoms with Crippen molar-refractivity contribution >= 4 is 47.6 Å². The standard InChI is InChI=1S/C12H17Br2N3O2S/c1-16-3-2-4-17(6-5-16)20(18,19)12-10(13)7-9(15)8-11(12)14/h7-8H,2-6,15H2,1H3. The molecule has 1 aromatic carbocycles. The van der Waals surface area contributed by atoms with Crippen LogP contribution >= 0.6 is 31.9 Å². The molecule has 2 N–H and O–H groups in total. The molecular formula is C12H17Br2N3O2S. The van der Waals surface area contributed by atoms with Gasteiger partial charge in [-0.3, -0.25) is 0 Å². The summed E-state index contributed by atoms with van der Waals surface area (Å²) in [6.45, 7) is 2.69. The maximum absolute atomic E-state index is 12.8. The third-order valence-electron chi connectivity index (χ3n) is 3.30. The van der Waals surface area contributed by atoms with Gasteiger partial charge < -0.3 is 10.6 Å². The first kappa shape index (κ1) is 16.2. The van der Waals surface area contributed by atoms with Crippen LogP contribution in [0, 0.1) is 0 Å². The van der Waals surface area contributed by atoms with Crippen molar-refractivity contribution in [3.05, 3.63) is 21.1 Å². The summed E-state index contributed by atoms with van der Waals surface area (Å²) in [5.74, 6) is 0. The van der Waals surface area contributed by atoms with E-state index in [0.29, 0.717) is 27.7 Å². The number of hydrogen-bond acceptors (Lipinski definition) is 4. The summed E-state index contributed by atoms with van der Waals surface area (Å²) in [7, 11) is -1.52. The van der Waals surface area contributed by atoms with Crippen LogP contribution in [0.4, 0.5) is 5.69 Å². The third-order valence-corrected chi connectivity index (χ3v) is 7.07. The lowest BCUT2D eigenvalue weighted by molar-refractivity contribution is 0.347. The summed E-state index contributed by atoms with van der Waals surface area (Å²) < 4.78 is 28.1. The van der Waals surface area contributed by atoms with Gasteiger partial charge in [-0.2, -0.15) is 4.31 Å². The minimum absolute atomic E-state index is 0.247. The lowest BCUT2D eigenvalue weighted by Crippen LogP contribution is -2.34. The van der Waals surface area contributed by atoms with Crippen LogP contribution in [-0.4, -0.2) is 50.8 Å². The molecule has 1 aliphatic heterocycles. The van der Waals surface area contributed by atoms with Crippen LogP contribution in [0.5, 0.6) is 0 Å². The fourth-order valence-corrected chi connectivity index (χ4v) is 6.23. The van der Waals surface area contributed by atoms with Gasteiger partial charge in [-0.05, 0) is 64.0 Å². The van der Waals surface area contributed by atoms with Crippen molar-refractivity contribution < 1.29 is 8.42 Å². The molecule has 1 aromatic rings. The highest BCUT2D eigenvalue weighted by molar-refractivity contribution is 9.11. The van der Waals surface area contributed by atoms with Gasteiger partial charge in [-0.1, -0.05) is 0 Å². The molecule has 0 radical (unpaired) electrons. The highest BCUT2D eigenvalue weighted by atomic mass is 79.9. The molecule has 1 aliphatic rings. The van der Waals surface area contributed by atoms with Crippen LogP contribution in [0.15, 0.2) is 26.0 Å². The van der Waals surface area contributed by atoms with Gasteiger partial charge in [0.15, 0.2) is 0 Å². The van der Waals surface area contributed by atoms with Crippen molar-refractivity contribution in [3.8, 4) is 0 Å². The minimum atomic E-state index is -3.53. The van der Waals surface area contributed by atoms with E-state index in [4.69, 9.17) is 5.73 Å². The molecule has 1 saturated heterocycles. The van der Waals surface area contributed by atoms with Crippen molar-refractivity contribution in [2.24, 2.45) is 0 Å². The Morgan fingerprint density at radius 2 is 1.70 bits per heavy atom. The molecule has 0 aromatic heterocycles. The van der Waals surface area contributed by atoms with Gasteiger partial charge in [0.05, 0.1) is 0 Å². The average molecular weight is 427 g/mol. The molecule has 20 heavy (non-hydrogen) atoms. The zero-order valence-electron chi connectivity index (χ0n) is 11.1. The van der Waals surface area contributed by atoms with E-state index in [1.54, 1.807) is 12.1 Å². The molecule has 0 bridgehead atoms. The number of sulfonamides is 1. The van der Waals surface area contributed by atoms with E-state index >= 15 is 0 Å². The van der Waals surface area contributed by atoms with Gasteiger partial charge in [-0.15, -0.1) is 0 Å². The SMILES string of the molecule is CN1CCCN(S(=O)(=O)c2c(Br)cc(N)cc2Br)CC1. The van der Waals surface area contributed by atoms with Gasteiger partial charge in [0.2, 0.25) is 10.0 Å². The molecule has 0 aliphatic carbocycles. The summed E-state index contributed by atoms with van der Waals surface area (Å²) in [5.41, 5.74) is 6.23. The van der Waals surface area contributed by atoms with Crippen LogP contribution in [0.2, 0.25) is 0 Å². The molecule has 0 unspecified atom stereocenters. The van der Waals surface area contributed by atoms with Crippen molar-refractivity contribution in [3.63, 3.8) is 0 Å². The summed E-state index contributed by atoms with van der Waals surface area (Å²) in [6.07, 6.45) is 0.833. The van der Waals surface area contributed by atoms with Gasteiger partial charge in [0.25, 0.3) is 0 Å². The van der Waals surface area contributed by atoms with Crippen LogP contribution in [0.3, 0.4) is 0 Å². The van der Waals surface area contributed by atoms with Crippen molar-refractivity contribution in [2.75, 3.05) is 39.0 Å². The second kappa shape index (κ2) is 6.31. The lowest BCUT2D eigenvalue weighted by atomic mass is 10.3. The van der Waals surface area contributed by atoms with E-state index in [1.807, 2.05) is 7.05 Å². The van der Waals surface area contributed by atoms with Crippen LogP contribution in [-0.2, 0) is 10.0 Å². The topological polar surface area (TPSA) is 66.6 Å². The largest absolute Gasteiger partial charge is 0.399 e. The van der Waals surface area contributed by atoms with Gasteiger partial charge >= 0.3 is 0 Å². The molecule has 0 saturated carbocycles. The molecule has 0 spiro atoms. The summed E-state index contributed by atoms with van der Waals surface area (Å²) in [6, 6.07) is 3.23. The molecule has 0 atom stereocenters. The predicted octanol–water partition coefficient (Wildman–Crippen LogP) is 2.12. The number of anilines is 1. The predicted molar refractivity (Wildman–Crippen MR) is 87.1 cm³/mol. The smallest absolute Gasteiger partial charge is 0.245 e. The Bertz CT molecular complexity index is 584. The fourth-order valence-electron chi connectivity index (χ4n) is 2.22. The third kappa shape index (κ3) is 3.36. The monoisotopic (exact) mass is 425 g/mol. The quantitative estimate of drug-likeness (QED) is 0.735. The highest BCUT2D eigenvalue weighted by Gasteiger charge is 2.30. The van der Waals surface area contributed by atoms with E-state index in [9.17, 15) is 8.42 Å². The fraction of sp³-hybridized carbons (Fsp3) is 0.500. The number of nitrogens with two attached hydrogens (primary N) is 1. The summed E-state index contributed by atoms with van der Waals surface area (Å²) in [5, 5.41) is 0. The van der Waals surface area contributed by atoms with Crippen molar-refractivity contribution in [1.29, 1.82) is 0 Å². The van der Waals surface area contributed by atoms with E-state index in [1.165, 1.54) is 4.31 Å². The second-order valence-electron chi connectivity index (χ2n) is 4.87. The second-order valence-corrected chi connectivity index (χ2v) is 8.46. The van der Waals surface area contributed by atoms with Gasteiger partial charge in [-0.25, -0.2) is 8.42 Å². The van der Waals surface area contributed by atoms with E-state index < -0.39 is 10.0 Å². The Labute approximate surface area is 136 Å². The number of benzene rings is 1. The van der Waals surface area contributed by atoms with Crippen molar-refractivity contribution in [1.82, 2.24) is 9.21 Å².